The lowest BCUT2D eigenvalue weighted by molar-refractivity contribution is -0.128. The van der Waals surface area contributed by atoms with Gasteiger partial charge in [-0.3, -0.25) is 19.2 Å². The molecule has 48 heavy (non-hydrogen) atoms. The van der Waals surface area contributed by atoms with Crippen LogP contribution < -0.4 is 0 Å². The number of fused-ring (bicyclic) bond motifs is 4. The molecule has 2 aliphatic heterocycles. The summed E-state index contributed by atoms with van der Waals surface area (Å²) in [4.78, 5) is 50.2. The normalized spacial score (nSPS) is 19.0. The van der Waals surface area contributed by atoms with E-state index in [-0.39, 0.29) is 45.8 Å². The Morgan fingerprint density at radius 1 is 0.625 bits per heavy atom. The van der Waals surface area contributed by atoms with Gasteiger partial charge in [0.25, 0.3) is 0 Å². The quantitative estimate of drug-likeness (QED) is 0.220. The summed E-state index contributed by atoms with van der Waals surface area (Å²) in [5, 5.41) is 21.3. The van der Waals surface area contributed by atoms with Crippen molar-refractivity contribution in [2.24, 2.45) is 0 Å². The number of aromatic nitrogens is 2. The van der Waals surface area contributed by atoms with Crippen LogP contribution in [0.25, 0.3) is 33.8 Å². The number of rotatable bonds is 4. The molecule has 0 unspecified atom stereocenters. The Kier molecular flexibility index (Phi) is 7.69. The van der Waals surface area contributed by atoms with Gasteiger partial charge in [-0.1, -0.05) is 86.3 Å². The van der Waals surface area contributed by atoms with Gasteiger partial charge in [0, 0.05) is 23.5 Å². The number of allylic oxidation sites excluding steroid dienone is 2. The van der Waals surface area contributed by atoms with Crippen LogP contribution in [-0.2, 0) is 30.3 Å². The van der Waals surface area contributed by atoms with Crippen molar-refractivity contribution in [2.45, 2.75) is 76.3 Å². The molecule has 0 atom stereocenters. The van der Waals surface area contributed by atoms with E-state index < -0.39 is 11.1 Å². The predicted molar refractivity (Wildman–Crippen MR) is 183 cm³/mol. The fourth-order valence-electron chi connectivity index (χ4n) is 8.32. The van der Waals surface area contributed by atoms with Crippen LogP contribution in [0, 0.1) is 0 Å². The van der Waals surface area contributed by atoms with Crippen LogP contribution in [0.3, 0.4) is 0 Å². The lowest BCUT2D eigenvalue weighted by Gasteiger charge is -2.36. The first kappa shape index (κ1) is 31.4. The number of carbonyl (C=O) groups is 4. The number of nitrogens with zero attached hydrogens (tertiary/aromatic N) is 2. The average molecular weight is 643 g/mol. The number of hydrogen-bond donors (Lipinski definition) is 2. The molecule has 0 amide bonds. The van der Waals surface area contributed by atoms with Gasteiger partial charge in [-0.15, -0.1) is 0 Å². The maximum atomic E-state index is 13.1. The topological polar surface area (TPSA) is 119 Å². The average Bonchev–Trinajstić information content (AvgIpc) is 3.90. The van der Waals surface area contributed by atoms with Gasteiger partial charge in [0.15, 0.2) is 34.7 Å². The largest absolute Gasteiger partial charge is 0.505 e. The maximum Gasteiger partial charge on any atom is 0.196 e. The van der Waals surface area contributed by atoms with E-state index in [9.17, 15) is 29.4 Å². The van der Waals surface area contributed by atoms with E-state index in [4.69, 9.17) is 0 Å². The van der Waals surface area contributed by atoms with E-state index in [0.29, 0.717) is 37.1 Å². The lowest BCUT2D eigenvalue weighted by atomic mass is 9.81. The van der Waals surface area contributed by atoms with Crippen molar-refractivity contribution in [1.82, 2.24) is 9.13 Å². The van der Waals surface area contributed by atoms with E-state index in [1.807, 2.05) is 94.3 Å². The zero-order valence-corrected chi connectivity index (χ0v) is 27.2. The third-order valence-corrected chi connectivity index (χ3v) is 10.6. The predicted octanol–water partition coefficient (Wildman–Crippen LogP) is 7.73. The minimum atomic E-state index is -0.713. The van der Waals surface area contributed by atoms with Crippen molar-refractivity contribution < 1.29 is 29.4 Å². The standard InChI is InChI=1S/2C20H19NO3/c1-13(22)16-18(23)17-15(14-7-3-2-4-8-14)9-12-21(17)20(19(16)24)10-5-6-11-20;1-13(22)17-18(23)16-11-15(14-7-3-2-4-8-14)12-21(16)20(19(17)24)9-5-6-10-20/h2-4,7-9,12,23H,5-6,10-11H2,1H3;2-4,7-8,11-12,23H,5-6,9-10H2,1H3. The van der Waals surface area contributed by atoms with Gasteiger partial charge in [-0.25, -0.2) is 0 Å². The molecule has 244 valence electrons. The highest BCUT2D eigenvalue weighted by Gasteiger charge is 2.51. The summed E-state index contributed by atoms with van der Waals surface area (Å²) in [5.41, 5.74) is 3.44. The molecule has 2 spiro atoms. The number of carbonyl (C=O) groups excluding carboxylic acids is 4. The minimum absolute atomic E-state index is 0.0397. The van der Waals surface area contributed by atoms with Crippen molar-refractivity contribution in [3.63, 3.8) is 0 Å². The zero-order valence-electron chi connectivity index (χ0n) is 27.2. The fraction of sp³-hybridized carbons (Fsp3) is 0.300. The number of aliphatic hydroxyl groups excluding tert-OH is 2. The second-order valence-electron chi connectivity index (χ2n) is 13.4. The first-order valence-electron chi connectivity index (χ1n) is 16.6. The Labute approximate surface area is 279 Å². The summed E-state index contributed by atoms with van der Waals surface area (Å²) in [6.07, 6.45) is 10.5. The Morgan fingerprint density at radius 2 is 1.10 bits per heavy atom. The molecular formula is C40H38N2O6. The molecular weight excluding hydrogens is 604 g/mol. The van der Waals surface area contributed by atoms with Crippen LogP contribution in [0.15, 0.2) is 96.3 Å². The molecule has 4 aromatic rings. The van der Waals surface area contributed by atoms with E-state index in [2.05, 4.69) is 0 Å². The summed E-state index contributed by atoms with van der Waals surface area (Å²) in [6.45, 7) is 2.70. The molecule has 4 heterocycles. The van der Waals surface area contributed by atoms with E-state index in [1.54, 1.807) is 0 Å². The summed E-state index contributed by atoms with van der Waals surface area (Å²) in [7, 11) is 0. The van der Waals surface area contributed by atoms with Gasteiger partial charge < -0.3 is 19.3 Å². The Hall–Kier alpha value is -5.24. The Bertz CT molecular complexity index is 2020. The molecule has 4 aliphatic rings. The summed E-state index contributed by atoms with van der Waals surface area (Å²) >= 11 is 0. The van der Waals surface area contributed by atoms with E-state index in [1.165, 1.54) is 13.8 Å². The molecule has 0 radical (unpaired) electrons. The molecule has 2 saturated carbocycles. The van der Waals surface area contributed by atoms with E-state index >= 15 is 0 Å². The van der Waals surface area contributed by atoms with Crippen LogP contribution in [0.1, 0.15) is 76.6 Å². The molecule has 8 nitrogen and oxygen atoms in total. The number of aliphatic hydroxyl groups is 2. The van der Waals surface area contributed by atoms with Crippen LogP contribution in [-0.4, -0.2) is 42.5 Å². The molecule has 2 N–H and O–H groups in total. The summed E-state index contributed by atoms with van der Waals surface area (Å²) in [5.74, 6) is -1.56. The third-order valence-electron chi connectivity index (χ3n) is 10.6. The molecule has 2 aromatic heterocycles. The van der Waals surface area contributed by atoms with Crippen LogP contribution in [0.5, 0.6) is 0 Å². The number of hydrogen-bond acceptors (Lipinski definition) is 6. The fourth-order valence-corrected chi connectivity index (χ4v) is 8.32. The van der Waals surface area contributed by atoms with Crippen molar-refractivity contribution in [3.05, 3.63) is 108 Å². The third kappa shape index (κ3) is 4.65. The molecule has 2 fully saturated rings. The molecule has 8 heteroatoms. The van der Waals surface area contributed by atoms with Crippen molar-refractivity contribution in [3.8, 4) is 22.3 Å². The second kappa shape index (κ2) is 11.8. The van der Waals surface area contributed by atoms with Crippen molar-refractivity contribution in [2.75, 3.05) is 0 Å². The smallest absolute Gasteiger partial charge is 0.196 e. The molecule has 2 aromatic carbocycles. The van der Waals surface area contributed by atoms with Crippen LogP contribution in [0.2, 0.25) is 0 Å². The zero-order chi connectivity index (χ0) is 33.8. The molecule has 0 saturated heterocycles. The maximum absolute atomic E-state index is 13.1. The number of benzene rings is 2. The molecule has 0 bridgehead atoms. The molecule has 8 rings (SSSR count). The second-order valence-corrected chi connectivity index (χ2v) is 13.4. The van der Waals surface area contributed by atoms with Crippen LogP contribution in [0.4, 0.5) is 0 Å². The first-order chi connectivity index (χ1) is 23.1. The first-order valence-corrected chi connectivity index (χ1v) is 16.6. The Balaban J connectivity index is 0.000000152. The highest BCUT2D eigenvalue weighted by atomic mass is 16.3. The van der Waals surface area contributed by atoms with Crippen LogP contribution >= 0.6 is 0 Å². The summed E-state index contributed by atoms with van der Waals surface area (Å²) in [6, 6.07) is 23.4. The number of ketones is 4. The lowest BCUT2D eigenvalue weighted by Crippen LogP contribution is -2.45. The van der Waals surface area contributed by atoms with Gasteiger partial charge in [-0.05, 0) is 62.8 Å². The Morgan fingerprint density at radius 3 is 1.62 bits per heavy atom. The highest BCUT2D eigenvalue weighted by Crippen LogP contribution is 2.48. The van der Waals surface area contributed by atoms with Gasteiger partial charge in [0.1, 0.15) is 22.2 Å². The van der Waals surface area contributed by atoms with Gasteiger partial charge in [-0.2, -0.15) is 0 Å². The SMILES string of the molecule is CC(=O)C1=C(O)c2c(-c3ccccc3)ccn2C2(CCCC2)C1=O.CC(=O)C1=C(O)c2cc(-c3ccccc3)cn2C2(CCCC2)C1=O. The molecule has 2 aliphatic carbocycles. The monoisotopic (exact) mass is 642 g/mol. The summed E-state index contributed by atoms with van der Waals surface area (Å²) < 4.78 is 3.82. The highest BCUT2D eigenvalue weighted by molar-refractivity contribution is 6.28. The minimum Gasteiger partial charge on any atom is -0.505 e. The van der Waals surface area contributed by atoms with Crippen molar-refractivity contribution >= 4 is 34.7 Å². The van der Waals surface area contributed by atoms with Gasteiger partial charge in [0.2, 0.25) is 0 Å². The van der Waals surface area contributed by atoms with Crippen molar-refractivity contribution in [1.29, 1.82) is 0 Å². The van der Waals surface area contributed by atoms with E-state index in [0.717, 1.165) is 47.9 Å². The van der Waals surface area contributed by atoms with Gasteiger partial charge >= 0.3 is 0 Å². The number of Topliss-reactive ketones (excluding diaryl/α,β-unsaturated/α-hetero) is 4. The van der Waals surface area contributed by atoms with Gasteiger partial charge in [0.05, 0.1) is 11.4 Å².